The Morgan fingerprint density at radius 3 is 1.28 bits per heavy atom. The number of hydrogen-bond acceptors (Lipinski definition) is 13. The normalized spacial score (nSPS) is 23.8. The van der Waals surface area contributed by atoms with Gasteiger partial charge < -0.3 is 65.1 Å². The molecule has 2 saturated heterocycles. The first-order valence-electron chi connectivity index (χ1n) is 35.2. The van der Waals surface area contributed by atoms with Crippen molar-refractivity contribution >= 4 is 5.91 Å². The van der Waals surface area contributed by atoms with Gasteiger partial charge in [0.25, 0.3) is 0 Å². The van der Waals surface area contributed by atoms with Gasteiger partial charge in [-0.05, 0) is 70.6 Å². The molecule has 2 heterocycles. The minimum atomic E-state index is -1.79. The zero-order valence-electron chi connectivity index (χ0n) is 54.3. The van der Waals surface area contributed by atoms with Crippen LogP contribution in [0, 0.1) is 0 Å². The number of hydrogen-bond donors (Lipinski definition) is 9. The first-order valence-corrected chi connectivity index (χ1v) is 35.2. The standard InChI is InChI=1S/C72H129NO13/c1-3-5-7-9-11-13-15-17-19-21-22-23-24-25-26-27-28-29-30-31-32-33-34-35-36-37-38-40-42-44-46-48-50-52-54-56-64(77)73-60(61(76)55-53-51-49-47-45-43-41-39-20-18-16-14-12-10-8-6-4-2)59-83-71-69(82)67(80)70(63(58-75)85-71)86-72-68(81)66(79)65(78)62(57-74)84-72/h5,7,11,13,17,19,22-23,45,47,53,55,60-63,65-72,74-76,78-82H,3-4,6,8-10,12,14-16,18,20-21,24-44,46,48-52,54,56-59H2,1-2H3,(H,73,77)/b7-5-,13-11-,19-17-,23-22-,47-45+,55-53+. The molecule has 2 aliphatic heterocycles. The Hall–Kier alpha value is -2.57. The summed E-state index contributed by atoms with van der Waals surface area (Å²) in [5, 5.41) is 87.3. The van der Waals surface area contributed by atoms with E-state index in [0.717, 1.165) is 57.8 Å². The molecule has 0 aliphatic carbocycles. The van der Waals surface area contributed by atoms with Crippen molar-refractivity contribution in [1.82, 2.24) is 5.32 Å². The van der Waals surface area contributed by atoms with E-state index in [-0.39, 0.29) is 18.9 Å². The van der Waals surface area contributed by atoms with Gasteiger partial charge in [-0.25, -0.2) is 0 Å². The Kier molecular flexibility index (Phi) is 52.2. The van der Waals surface area contributed by atoms with Crippen LogP contribution in [0.25, 0.3) is 0 Å². The largest absolute Gasteiger partial charge is 0.394 e. The van der Waals surface area contributed by atoms with Gasteiger partial charge in [-0.3, -0.25) is 4.79 Å². The summed E-state index contributed by atoms with van der Waals surface area (Å²) in [5.41, 5.74) is 0. The molecule has 2 aliphatic rings. The van der Waals surface area contributed by atoms with Crippen molar-refractivity contribution in [3.05, 3.63) is 72.9 Å². The maximum absolute atomic E-state index is 13.3. The zero-order valence-corrected chi connectivity index (χ0v) is 54.3. The highest BCUT2D eigenvalue weighted by Gasteiger charge is 2.51. The van der Waals surface area contributed by atoms with E-state index in [1.807, 2.05) is 6.08 Å². The quantitative estimate of drug-likeness (QED) is 0.0204. The first kappa shape index (κ1) is 79.5. The van der Waals surface area contributed by atoms with Crippen molar-refractivity contribution in [2.45, 2.75) is 357 Å². The minimum absolute atomic E-state index is 0.246. The van der Waals surface area contributed by atoms with Crippen molar-refractivity contribution in [3.63, 3.8) is 0 Å². The summed E-state index contributed by atoms with van der Waals surface area (Å²) in [5.74, 6) is -0.246. The Labute approximate surface area is 523 Å². The maximum Gasteiger partial charge on any atom is 0.220 e. The van der Waals surface area contributed by atoms with Crippen molar-refractivity contribution < 1.29 is 64.6 Å². The molecule has 0 bridgehead atoms. The Morgan fingerprint density at radius 1 is 0.430 bits per heavy atom. The molecule has 0 saturated carbocycles. The third kappa shape index (κ3) is 40.2. The second kappa shape index (κ2) is 56.4. The number of ether oxygens (including phenoxy) is 4. The summed E-state index contributed by atoms with van der Waals surface area (Å²) in [7, 11) is 0. The second-order valence-corrected chi connectivity index (χ2v) is 24.6. The molecule has 1 amide bonds. The molecule has 0 radical (unpaired) electrons. The van der Waals surface area contributed by atoms with Crippen LogP contribution < -0.4 is 5.32 Å². The number of carbonyl (C=O) groups excluding carboxylic acids is 1. The van der Waals surface area contributed by atoms with Gasteiger partial charge in [-0.1, -0.05) is 279 Å². The molecular weight excluding hydrogens is 1090 g/mol. The highest BCUT2D eigenvalue weighted by atomic mass is 16.7. The minimum Gasteiger partial charge on any atom is -0.394 e. The van der Waals surface area contributed by atoms with Gasteiger partial charge in [0.1, 0.15) is 48.8 Å². The number of rotatable bonds is 57. The average molecular weight is 1220 g/mol. The number of amides is 1. The van der Waals surface area contributed by atoms with Crippen LogP contribution >= 0.6 is 0 Å². The highest BCUT2D eigenvalue weighted by molar-refractivity contribution is 5.76. The molecule has 12 unspecified atom stereocenters. The van der Waals surface area contributed by atoms with Gasteiger partial charge in [0.05, 0.1) is 32.0 Å². The van der Waals surface area contributed by atoms with Crippen LogP contribution in [-0.4, -0.2) is 140 Å². The molecule has 2 rings (SSSR count). The van der Waals surface area contributed by atoms with Gasteiger partial charge in [0, 0.05) is 6.42 Å². The number of aliphatic hydroxyl groups excluding tert-OH is 8. The summed E-state index contributed by atoms with van der Waals surface area (Å²) in [4.78, 5) is 13.3. The van der Waals surface area contributed by atoms with E-state index in [0.29, 0.717) is 12.8 Å². The lowest BCUT2D eigenvalue weighted by molar-refractivity contribution is -0.359. The zero-order chi connectivity index (χ0) is 62.3. The fraction of sp³-hybridized carbons (Fsp3) is 0.819. The van der Waals surface area contributed by atoms with Crippen molar-refractivity contribution in [3.8, 4) is 0 Å². The molecule has 14 nitrogen and oxygen atoms in total. The second-order valence-electron chi connectivity index (χ2n) is 24.6. The third-order valence-corrected chi connectivity index (χ3v) is 16.9. The van der Waals surface area contributed by atoms with Crippen molar-refractivity contribution in [2.24, 2.45) is 0 Å². The van der Waals surface area contributed by atoms with Gasteiger partial charge >= 0.3 is 0 Å². The maximum atomic E-state index is 13.3. The van der Waals surface area contributed by atoms with Crippen LogP contribution in [0.4, 0.5) is 0 Å². The predicted octanol–water partition coefficient (Wildman–Crippen LogP) is 14.2. The molecular formula is C72H129NO13. The number of allylic oxidation sites excluding steroid dienone is 11. The monoisotopic (exact) mass is 1220 g/mol. The summed E-state index contributed by atoms with van der Waals surface area (Å²) >= 11 is 0. The lowest BCUT2D eigenvalue weighted by Crippen LogP contribution is -2.65. The van der Waals surface area contributed by atoms with Gasteiger partial charge in [0.2, 0.25) is 5.91 Å². The van der Waals surface area contributed by atoms with Gasteiger partial charge in [-0.15, -0.1) is 0 Å². The van der Waals surface area contributed by atoms with E-state index in [9.17, 15) is 45.6 Å². The van der Waals surface area contributed by atoms with Crippen molar-refractivity contribution in [2.75, 3.05) is 19.8 Å². The SMILES string of the molecule is CC/C=C\C/C=C\C/C=C\C/C=C\CCCCCCCCCCCCCCCCCCCCCCCCC(=O)NC(COC1OC(CO)C(OC2OC(CO)C(O)C(O)C2O)C(O)C1O)C(O)/C=C/CC/C=C/CCCCCCCCCCCCC. The van der Waals surface area contributed by atoms with Crippen LogP contribution in [0.1, 0.15) is 284 Å². The van der Waals surface area contributed by atoms with Crippen LogP contribution in [0.15, 0.2) is 72.9 Å². The number of carbonyl (C=O) groups is 1. The highest BCUT2D eigenvalue weighted by Crippen LogP contribution is 2.30. The number of aliphatic hydroxyl groups is 8. The first-order chi connectivity index (χ1) is 42.1. The van der Waals surface area contributed by atoms with E-state index >= 15 is 0 Å². The molecule has 0 aromatic heterocycles. The summed E-state index contributed by atoms with van der Waals surface area (Å²) in [6.07, 6.45) is 59.7. The van der Waals surface area contributed by atoms with Crippen LogP contribution in [0.2, 0.25) is 0 Å². The van der Waals surface area contributed by atoms with E-state index < -0.39 is 86.8 Å². The molecule has 9 N–H and O–H groups in total. The topological polar surface area (TPSA) is 228 Å². The Balaban J connectivity index is 1.62. The Bertz CT molecular complexity index is 1720. The molecule has 0 aromatic rings. The van der Waals surface area contributed by atoms with Crippen LogP contribution in [0.3, 0.4) is 0 Å². The smallest absolute Gasteiger partial charge is 0.220 e. The lowest BCUT2D eigenvalue weighted by Gasteiger charge is -2.46. The van der Waals surface area contributed by atoms with Crippen LogP contribution in [0.5, 0.6) is 0 Å². The van der Waals surface area contributed by atoms with Gasteiger partial charge in [-0.2, -0.15) is 0 Å². The number of nitrogens with one attached hydrogen (secondary N) is 1. The lowest BCUT2D eigenvalue weighted by atomic mass is 9.97. The Morgan fingerprint density at radius 2 is 0.814 bits per heavy atom. The fourth-order valence-electron chi connectivity index (χ4n) is 11.3. The van der Waals surface area contributed by atoms with E-state index in [4.69, 9.17) is 18.9 Å². The summed E-state index contributed by atoms with van der Waals surface area (Å²) in [6, 6.07) is -0.933. The van der Waals surface area contributed by atoms with E-state index in [1.54, 1.807) is 6.08 Å². The molecule has 14 heteroatoms. The molecule has 0 spiro atoms. The van der Waals surface area contributed by atoms with Gasteiger partial charge in [0.15, 0.2) is 12.6 Å². The molecule has 0 aromatic carbocycles. The van der Waals surface area contributed by atoms with E-state index in [2.05, 4.69) is 79.9 Å². The van der Waals surface area contributed by atoms with Crippen molar-refractivity contribution in [1.29, 1.82) is 0 Å². The predicted molar refractivity (Wildman–Crippen MR) is 350 cm³/mol. The number of unbranched alkanes of at least 4 members (excludes halogenated alkanes) is 34. The molecule has 500 valence electrons. The third-order valence-electron chi connectivity index (χ3n) is 16.9. The summed E-state index contributed by atoms with van der Waals surface area (Å²) < 4.78 is 22.8. The average Bonchev–Trinajstić information content (AvgIpc) is 2.46. The van der Waals surface area contributed by atoms with E-state index in [1.165, 1.54) is 193 Å². The molecule has 12 atom stereocenters. The van der Waals surface area contributed by atoms with Crippen LogP contribution in [-0.2, 0) is 23.7 Å². The molecule has 86 heavy (non-hydrogen) atoms. The molecule has 2 fully saturated rings. The summed E-state index contributed by atoms with van der Waals surface area (Å²) in [6.45, 7) is 2.69. The fourth-order valence-corrected chi connectivity index (χ4v) is 11.3.